The van der Waals surface area contributed by atoms with E-state index in [0.29, 0.717) is 18.2 Å². The van der Waals surface area contributed by atoms with Gasteiger partial charge in [0, 0.05) is 23.6 Å². The Morgan fingerprint density at radius 2 is 1.22 bits per heavy atom. The van der Waals surface area contributed by atoms with Crippen molar-refractivity contribution in [2.45, 2.75) is 35.1 Å². The summed E-state index contributed by atoms with van der Waals surface area (Å²) in [6.07, 6.45) is 0. The smallest absolute Gasteiger partial charge is 0.338 e. The molecule has 6 rings (SSSR count). The Balaban J connectivity index is 1.39. The highest BCUT2D eigenvalue weighted by molar-refractivity contribution is 7.86. The molecule has 5 aromatic carbocycles. The van der Waals surface area contributed by atoms with Gasteiger partial charge >= 0.3 is 5.97 Å². The van der Waals surface area contributed by atoms with Crippen LogP contribution in [0.2, 0.25) is 0 Å². The van der Waals surface area contributed by atoms with Gasteiger partial charge < -0.3 is 31.3 Å². The van der Waals surface area contributed by atoms with Crippen molar-refractivity contribution >= 4 is 97.9 Å². The van der Waals surface area contributed by atoms with E-state index in [1.54, 1.807) is 0 Å². The predicted molar refractivity (Wildman–Crippen MR) is 220 cm³/mol. The number of amides is 1. The summed E-state index contributed by atoms with van der Waals surface area (Å²) in [5, 5.41) is 74.5. The number of phenolic OH excluding ortho intramolecular Hbond substituents is 3. The summed E-state index contributed by atoms with van der Waals surface area (Å²) < 4.78 is 103. The average Bonchev–Trinajstić information content (AvgIpc) is 3.18. The zero-order valence-corrected chi connectivity index (χ0v) is 34.6. The van der Waals surface area contributed by atoms with Crippen LogP contribution in [0.3, 0.4) is 0 Å². The molecule has 332 valence electrons. The van der Waals surface area contributed by atoms with E-state index in [2.05, 4.69) is 30.7 Å². The third kappa shape index (κ3) is 8.66. The normalized spacial score (nSPS) is 12.6. The Morgan fingerprint density at radius 1 is 0.672 bits per heavy atom. The largest absolute Gasteiger partial charge is 0.507 e. The second-order valence-corrected chi connectivity index (χ2v) is 17.4. The summed E-state index contributed by atoms with van der Waals surface area (Å²) in [6.45, 7) is 2.75. The zero-order valence-electron chi connectivity index (χ0n) is 32.2. The number of benzene rings is 5. The molecule has 0 aliphatic heterocycles. The summed E-state index contributed by atoms with van der Waals surface area (Å²) in [4.78, 5) is 33.8. The molecule has 0 spiro atoms. The number of carboxylic acid groups (broad SMARTS) is 1. The van der Waals surface area contributed by atoms with Gasteiger partial charge in [-0.15, -0.1) is 20.5 Å². The molecule has 0 saturated heterocycles. The molecule has 6 aromatic rings. The predicted octanol–water partition coefficient (Wildman–Crippen LogP) is 6.09. The minimum absolute atomic E-state index is 0.0212. The first-order valence-electron chi connectivity index (χ1n) is 17.4. The fourth-order valence-electron chi connectivity index (χ4n) is 6.25. The second-order valence-electron chi connectivity index (χ2n) is 13.2. The van der Waals surface area contributed by atoms with E-state index in [1.807, 2.05) is 0 Å². The number of fused-ring (bicyclic) bond motifs is 2. The molecule has 0 fully saturated rings. The number of hydrogen-bond acceptors (Lipinski definition) is 19. The van der Waals surface area contributed by atoms with Crippen LogP contribution in [0.1, 0.15) is 33.2 Å². The molecule has 64 heavy (non-hydrogen) atoms. The van der Waals surface area contributed by atoms with Gasteiger partial charge in [-0.3, -0.25) is 27.8 Å². The van der Waals surface area contributed by atoms with Crippen LogP contribution in [0.15, 0.2) is 111 Å². The van der Waals surface area contributed by atoms with Gasteiger partial charge in [0.1, 0.15) is 43.9 Å². The molecule has 0 bridgehead atoms. The number of nitrogens with zero attached hydrogens (tertiary/aromatic N) is 7. The highest BCUT2D eigenvalue weighted by atomic mass is 32.2. The lowest BCUT2D eigenvalue weighted by Gasteiger charge is -2.12. The second kappa shape index (κ2) is 16.5. The van der Waals surface area contributed by atoms with Crippen molar-refractivity contribution in [3.8, 4) is 23.1 Å². The van der Waals surface area contributed by atoms with Gasteiger partial charge in [0.2, 0.25) is 5.88 Å². The van der Waals surface area contributed by atoms with Gasteiger partial charge in [0.25, 0.3) is 41.8 Å². The van der Waals surface area contributed by atoms with E-state index in [-0.39, 0.29) is 39.9 Å². The molecule has 10 N–H and O–H groups in total. The first-order chi connectivity index (χ1) is 29.7. The van der Waals surface area contributed by atoms with Crippen molar-refractivity contribution in [1.29, 1.82) is 0 Å². The summed E-state index contributed by atoms with van der Waals surface area (Å²) >= 11 is 0. The summed E-state index contributed by atoms with van der Waals surface area (Å²) in [5.41, 5.74) is 0.194. The SMILES string of the molecule is CCn1c(O)c(N=Nc2ccc3c(O)c(N=Nc4ccc(N=Nc5c(S(=O)(=O)O)cc6cc(S(=O)(=O)O)cc(O)c6c5O)c(C(=O)O)c4)c(S(=O)(=O)O)cc3c2)c(C)c(C(N)=O)c1=O. The average molecular weight is 941 g/mol. The molecule has 0 unspecified atom stereocenters. The Hall–Kier alpha value is -7.76. The van der Waals surface area contributed by atoms with Gasteiger partial charge in [0.05, 0.1) is 27.2 Å². The number of nitrogens with two attached hydrogens (primary N) is 1. The van der Waals surface area contributed by atoms with Crippen LogP contribution >= 0.6 is 0 Å². The number of carbonyl (C=O) groups excluding carboxylic acids is 1. The highest BCUT2D eigenvalue weighted by Gasteiger charge is 2.27. The molecule has 0 saturated carbocycles. The van der Waals surface area contributed by atoms with Gasteiger partial charge in [-0.1, -0.05) is 0 Å². The number of carboxylic acids is 1. The summed E-state index contributed by atoms with van der Waals surface area (Å²) in [7, 11) is -15.5. The maximum Gasteiger partial charge on any atom is 0.338 e. The first kappa shape index (κ1) is 45.8. The number of hydrogen-bond donors (Lipinski definition) is 9. The molecule has 0 aliphatic rings. The van der Waals surface area contributed by atoms with Crippen LogP contribution in [-0.2, 0) is 36.9 Å². The number of primary amides is 1. The number of aromatic nitrogens is 1. The van der Waals surface area contributed by atoms with Crippen LogP contribution in [0.4, 0.5) is 34.1 Å². The molecule has 1 aromatic heterocycles. The fraction of sp³-hybridized carbons (Fsp3) is 0.0833. The van der Waals surface area contributed by atoms with E-state index >= 15 is 0 Å². The number of carbonyl (C=O) groups is 2. The van der Waals surface area contributed by atoms with E-state index in [1.165, 1.54) is 32.0 Å². The van der Waals surface area contributed by atoms with Crippen molar-refractivity contribution < 1.29 is 74.0 Å². The van der Waals surface area contributed by atoms with E-state index < -0.39 is 125 Å². The summed E-state index contributed by atoms with van der Waals surface area (Å²) in [5.74, 6) is -6.42. The molecule has 1 amide bonds. The van der Waals surface area contributed by atoms with Crippen LogP contribution in [0.5, 0.6) is 23.1 Å². The van der Waals surface area contributed by atoms with E-state index in [0.717, 1.165) is 28.8 Å². The highest BCUT2D eigenvalue weighted by Crippen LogP contribution is 2.46. The van der Waals surface area contributed by atoms with Crippen LogP contribution < -0.4 is 11.3 Å². The Labute approximate surface area is 357 Å². The number of pyridine rings is 1. The van der Waals surface area contributed by atoms with Crippen molar-refractivity contribution in [2.24, 2.45) is 36.4 Å². The standard InChI is InChI=1S/C36H28N8O17S3/c1-3-44-34(49)26(33(37)48)14(2)28(35(44)50)41-38-17-4-6-20-15(8-17)10-24(63(56,57)58)29(31(20)46)42-39-18-5-7-22(21(12-18)36(51)52)40-43-30-25(64(59,60)61)11-16-9-19(62(53,54)55)13-23(45)27(16)32(30)47/h4-13,45-47,50H,3H2,1-2H3,(H2,37,48)(H,51,52)(H,53,54,55)(H,56,57,58)(H,59,60,61). The molecule has 1 heterocycles. The quantitative estimate of drug-likeness (QED) is 0.0495. The molecule has 0 aliphatic carbocycles. The molecular formula is C36H28N8O17S3. The lowest BCUT2D eigenvalue weighted by atomic mass is 10.1. The number of rotatable bonds is 12. The third-order valence-electron chi connectivity index (χ3n) is 9.21. The van der Waals surface area contributed by atoms with Gasteiger partial charge in [-0.2, -0.15) is 35.5 Å². The first-order valence-corrected chi connectivity index (χ1v) is 21.7. The van der Waals surface area contributed by atoms with E-state index in [4.69, 9.17) is 5.73 Å². The lowest BCUT2D eigenvalue weighted by Crippen LogP contribution is -2.30. The Bertz CT molecular complexity index is 3550. The summed E-state index contributed by atoms with van der Waals surface area (Å²) in [6, 6.07) is 9.15. The van der Waals surface area contributed by atoms with Crippen LogP contribution in [0, 0.1) is 6.92 Å². The maximum absolute atomic E-state index is 12.6. The van der Waals surface area contributed by atoms with Crippen molar-refractivity contribution in [2.75, 3.05) is 0 Å². The van der Waals surface area contributed by atoms with Crippen molar-refractivity contribution in [1.82, 2.24) is 4.57 Å². The fourth-order valence-corrected chi connectivity index (χ4v) is 8.10. The van der Waals surface area contributed by atoms with Gasteiger partial charge in [-0.05, 0) is 79.2 Å². The number of aromatic carboxylic acids is 1. The van der Waals surface area contributed by atoms with Gasteiger partial charge in [-0.25, -0.2) is 4.79 Å². The maximum atomic E-state index is 12.6. The lowest BCUT2D eigenvalue weighted by molar-refractivity contribution is 0.0697. The number of aromatic hydroxyl groups is 4. The van der Waals surface area contributed by atoms with E-state index in [9.17, 15) is 78.8 Å². The minimum Gasteiger partial charge on any atom is -0.507 e. The zero-order chi connectivity index (χ0) is 47.4. The van der Waals surface area contributed by atoms with Crippen LogP contribution in [-0.4, -0.2) is 80.9 Å². The molecular weight excluding hydrogens is 913 g/mol. The van der Waals surface area contributed by atoms with Crippen molar-refractivity contribution in [3.05, 3.63) is 87.7 Å². The third-order valence-corrected chi connectivity index (χ3v) is 11.8. The molecule has 25 nitrogen and oxygen atoms in total. The minimum atomic E-state index is -5.31. The van der Waals surface area contributed by atoms with Crippen LogP contribution in [0.25, 0.3) is 21.5 Å². The number of phenols is 3. The monoisotopic (exact) mass is 940 g/mol. The molecule has 0 radical (unpaired) electrons. The number of azo groups is 3. The molecule has 0 atom stereocenters. The molecule has 28 heteroatoms. The Morgan fingerprint density at radius 3 is 1.78 bits per heavy atom. The van der Waals surface area contributed by atoms with Crippen molar-refractivity contribution in [3.63, 3.8) is 0 Å². The Kier molecular flexibility index (Phi) is 11.8. The topological polar surface area (TPSA) is 421 Å². The van der Waals surface area contributed by atoms with Gasteiger partial charge in [0.15, 0.2) is 11.5 Å².